The van der Waals surface area contributed by atoms with E-state index in [1.807, 2.05) is 19.1 Å². The number of hydrogen-bond donors (Lipinski definition) is 2. The summed E-state index contributed by atoms with van der Waals surface area (Å²) in [5.74, 6) is -0.119. The maximum atomic E-state index is 11.9. The van der Waals surface area contributed by atoms with Crippen LogP contribution in [0.1, 0.15) is 35.7 Å². The zero-order chi connectivity index (χ0) is 13.4. The molecule has 0 radical (unpaired) electrons. The van der Waals surface area contributed by atoms with Gasteiger partial charge in [-0.3, -0.25) is 4.79 Å². The number of amides is 1. The van der Waals surface area contributed by atoms with Gasteiger partial charge in [-0.1, -0.05) is 19.1 Å². The summed E-state index contributed by atoms with van der Waals surface area (Å²) in [6.45, 7) is 6.03. The molecule has 0 aliphatic carbocycles. The minimum atomic E-state index is -0.119. The Balaban J connectivity index is 2.35. The Hall–Kier alpha value is -1.55. The molecule has 0 unspecified atom stereocenters. The molecule has 18 heavy (non-hydrogen) atoms. The molecule has 0 bridgehead atoms. The van der Waals surface area contributed by atoms with Gasteiger partial charge in [-0.2, -0.15) is 0 Å². The van der Waals surface area contributed by atoms with Crippen LogP contribution >= 0.6 is 0 Å². The molecule has 0 aliphatic rings. The summed E-state index contributed by atoms with van der Waals surface area (Å²) in [5, 5.41) is 2.84. The standard InChI is InChI=1S/C14H22N2O2/c1-3-9-18-10-5-8-16-14(17)12-7-4-6-11(2)13(12)15/h4,6-7H,3,5,8-10,15H2,1-2H3,(H,16,17). The Bertz CT molecular complexity index is 391. The van der Waals surface area contributed by atoms with Gasteiger partial charge in [-0.25, -0.2) is 0 Å². The summed E-state index contributed by atoms with van der Waals surface area (Å²) in [6, 6.07) is 5.47. The Morgan fingerprint density at radius 1 is 1.39 bits per heavy atom. The number of para-hydroxylation sites is 1. The average Bonchev–Trinajstić information content (AvgIpc) is 2.36. The third-order valence-corrected chi connectivity index (χ3v) is 2.67. The van der Waals surface area contributed by atoms with E-state index in [-0.39, 0.29) is 5.91 Å². The normalized spacial score (nSPS) is 10.3. The SMILES string of the molecule is CCCOCCCNC(=O)c1cccc(C)c1N. The van der Waals surface area contributed by atoms with Crippen LogP contribution in [0.25, 0.3) is 0 Å². The summed E-state index contributed by atoms with van der Waals surface area (Å²) >= 11 is 0. The molecule has 0 atom stereocenters. The highest BCUT2D eigenvalue weighted by Gasteiger charge is 2.09. The lowest BCUT2D eigenvalue weighted by molar-refractivity contribution is 0.0942. The molecule has 1 amide bonds. The fourth-order valence-electron chi connectivity index (χ4n) is 1.60. The lowest BCUT2D eigenvalue weighted by Crippen LogP contribution is -2.26. The lowest BCUT2D eigenvalue weighted by Gasteiger charge is -2.09. The third-order valence-electron chi connectivity index (χ3n) is 2.67. The third kappa shape index (κ3) is 4.37. The molecule has 0 heterocycles. The molecular formula is C14H22N2O2. The van der Waals surface area contributed by atoms with Gasteiger partial charge >= 0.3 is 0 Å². The highest BCUT2D eigenvalue weighted by atomic mass is 16.5. The van der Waals surface area contributed by atoms with Crippen molar-refractivity contribution in [1.82, 2.24) is 5.32 Å². The van der Waals surface area contributed by atoms with Crippen molar-refractivity contribution in [3.8, 4) is 0 Å². The minimum absolute atomic E-state index is 0.119. The van der Waals surface area contributed by atoms with Gasteiger partial charge in [-0.05, 0) is 31.4 Å². The summed E-state index contributed by atoms with van der Waals surface area (Å²) in [5.41, 5.74) is 7.89. The van der Waals surface area contributed by atoms with Crippen LogP contribution in [0.3, 0.4) is 0 Å². The van der Waals surface area contributed by atoms with Gasteiger partial charge in [0.05, 0.1) is 5.56 Å². The van der Waals surface area contributed by atoms with E-state index in [0.717, 1.165) is 25.0 Å². The van der Waals surface area contributed by atoms with E-state index in [9.17, 15) is 4.79 Å². The highest BCUT2D eigenvalue weighted by molar-refractivity contribution is 5.99. The van der Waals surface area contributed by atoms with Crippen LogP contribution in [-0.2, 0) is 4.74 Å². The van der Waals surface area contributed by atoms with Gasteiger partial charge in [0, 0.05) is 25.4 Å². The molecule has 0 aliphatic heterocycles. The number of nitrogen functional groups attached to an aromatic ring is 1. The Kier molecular flexibility index (Phi) is 6.22. The molecule has 0 fully saturated rings. The Morgan fingerprint density at radius 3 is 2.89 bits per heavy atom. The molecule has 100 valence electrons. The van der Waals surface area contributed by atoms with Crippen molar-refractivity contribution in [3.05, 3.63) is 29.3 Å². The molecule has 0 saturated heterocycles. The number of aryl methyl sites for hydroxylation is 1. The van der Waals surface area contributed by atoms with Crippen molar-refractivity contribution < 1.29 is 9.53 Å². The molecule has 1 rings (SSSR count). The number of nitrogens with two attached hydrogens (primary N) is 1. The first kappa shape index (κ1) is 14.5. The second-order valence-corrected chi connectivity index (χ2v) is 4.26. The maximum absolute atomic E-state index is 11.9. The van der Waals surface area contributed by atoms with Crippen molar-refractivity contribution in [2.45, 2.75) is 26.7 Å². The van der Waals surface area contributed by atoms with E-state index < -0.39 is 0 Å². The smallest absolute Gasteiger partial charge is 0.253 e. The minimum Gasteiger partial charge on any atom is -0.398 e. The molecule has 0 aromatic heterocycles. The fourth-order valence-corrected chi connectivity index (χ4v) is 1.60. The lowest BCUT2D eigenvalue weighted by atomic mass is 10.1. The number of benzene rings is 1. The molecule has 0 spiro atoms. The van der Waals surface area contributed by atoms with Gasteiger partial charge in [0.15, 0.2) is 0 Å². The summed E-state index contributed by atoms with van der Waals surface area (Å²) in [6.07, 6.45) is 1.84. The van der Waals surface area contributed by atoms with Crippen molar-refractivity contribution in [2.75, 3.05) is 25.5 Å². The van der Waals surface area contributed by atoms with E-state index in [0.29, 0.717) is 24.4 Å². The predicted molar refractivity (Wildman–Crippen MR) is 73.7 cm³/mol. The summed E-state index contributed by atoms with van der Waals surface area (Å²) in [4.78, 5) is 11.9. The van der Waals surface area contributed by atoms with Crippen LogP contribution in [0.5, 0.6) is 0 Å². The van der Waals surface area contributed by atoms with Crippen LogP contribution < -0.4 is 11.1 Å². The van der Waals surface area contributed by atoms with E-state index in [4.69, 9.17) is 10.5 Å². The molecule has 4 heteroatoms. The number of nitrogens with one attached hydrogen (secondary N) is 1. The average molecular weight is 250 g/mol. The molecule has 1 aromatic rings. The zero-order valence-corrected chi connectivity index (χ0v) is 11.2. The first-order chi connectivity index (χ1) is 8.66. The number of carbonyl (C=O) groups is 1. The Labute approximate surface area is 109 Å². The molecular weight excluding hydrogens is 228 g/mol. The summed E-state index contributed by atoms with van der Waals surface area (Å²) < 4.78 is 5.34. The van der Waals surface area contributed by atoms with Gasteiger partial charge in [0.2, 0.25) is 0 Å². The molecule has 4 nitrogen and oxygen atoms in total. The van der Waals surface area contributed by atoms with Crippen molar-refractivity contribution >= 4 is 11.6 Å². The number of hydrogen-bond acceptors (Lipinski definition) is 3. The van der Waals surface area contributed by atoms with Crippen LogP contribution in [0.15, 0.2) is 18.2 Å². The van der Waals surface area contributed by atoms with Crippen molar-refractivity contribution in [3.63, 3.8) is 0 Å². The van der Waals surface area contributed by atoms with Gasteiger partial charge in [0.1, 0.15) is 0 Å². The van der Waals surface area contributed by atoms with Crippen LogP contribution in [0, 0.1) is 6.92 Å². The van der Waals surface area contributed by atoms with Gasteiger partial charge in [-0.15, -0.1) is 0 Å². The first-order valence-electron chi connectivity index (χ1n) is 6.37. The second-order valence-electron chi connectivity index (χ2n) is 4.26. The highest BCUT2D eigenvalue weighted by Crippen LogP contribution is 2.15. The van der Waals surface area contributed by atoms with Crippen LogP contribution in [0.4, 0.5) is 5.69 Å². The fraction of sp³-hybridized carbons (Fsp3) is 0.500. The monoisotopic (exact) mass is 250 g/mol. The van der Waals surface area contributed by atoms with E-state index >= 15 is 0 Å². The van der Waals surface area contributed by atoms with Gasteiger partial charge < -0.3 is 15.8 Å². The zero-order valence-electron chi connectivity index (χ0n) is 11.2. The predicted octanol–water partition coefficient (Wildman–Crippen LogP) is 2.12. The molecule has 1 aromatic carbocycles. The number of rotatable bonds is 7. The molecule has 0 saturated carbocycles. The number of ether oxygens (including phenoxy) is 1. The quantitative estimate of drug-likeness (QED) is 0.575. The second kappa shape index (κ2) is 7.71. The van der Waals surface area contributed by atoms with E-state index in [1.54, 1.807) is 6.07 Å². The van der Waals surface area contributed by atoms with E-state index in [2.05, 4.69) is 12.2 Å². The van der Waals surface area contributed by atoms with Gasteiger partial charge in [0.25, 0.3) is 5.91 Å². The van der Waals surface area contributed by atoms with Crippen molar-refractivity contribution in [2.24, 2.45) is 0 Å². The first-order valence-corrected chi connectivity index (χ1v) is 6.37. The van der Waals surface area contributed by atoms with E-state index in [1.165, 1.54) is 0 Å². The number of anilines is 1. The topological polar surface area (TPSA) is 64.3 Å². The number of carbonyl (C=O) groups excluding carboxylic acids is 1. The Morgan fingerprint density at radius 2 is 2.17 bits per heavy atom. The van der Waals surface area contributed by atoms with Crippen LogP contribution in [0.2, 0.25) is 0 Å². The van der Waals surface area contributed by atoms with Crippen molar-refractivity contribution in [1.29, 1.82) is 0 Å². The largest absolute Gasteiger partial charge is 0.398 e. The summed E-state index contributed by atoms with van der Waals surface area (Å²) in [7, 11) is 0. The maximum Gasteiger partial charge on any atom is 0.253 e. The van der Waals surface area contributed by atoms with Crippen LogP contribution in [-0.4, -0.2) is 25.7 Å². The molecule has 3 N–H and O–H groups in total.